The van der Waals surface area contributed by atoms with Crippen LogP contribution in [0.2, 0.25) is 0 Å². The smallest absolute Gasteiger partial charge is 0.410 e. The Morgan fingerprint density at radius 3 is 2.84 bits per heavy atom. The van der Waals surface area contributed by atoms with E-state index in [1.165, 1.54) is 0 Å². The normalized spacial score (nSPS) is 23.2. The molecule has 2 aliphatic rings. The standard InChI is InChI=1S/C19H28N2O4/c1-19(2,3)25-18(22)21-10-6-7-14(12-21)20-11-15-13-23-16-8-4-5-9-17(16)24-15/h4-5,8-9,14-15,20H,6-7,10-13H2,1-3H3. The molecule has 6 heteroatoms. The van der Waals surface area contributed by atoms with Crippen LogP contribution in [0.1, 0.15) is 33.6 Å². The monoisotopic (exact) mass is 348 g/mol. The number of rotatable bonds is 3. The minimum absolute atomic E-state index is 0.0215. The molecule has 138 valence electrons. The Morgan fingerprint density at radius 2 is 2.08 bits per heavy atom. The van der Waals surface area contributed by atoms with Gasteiger partial charge >= 0.3 is 6.09 Å². The van der Waals surface area contributed by atoms with E-state index in [-0.39, 0.29) is 18.2 Å². The number of hydrogen-bond acceptors (Lipinski definition) is 5. The van der Waals surface area contributed by atoms with Crippen LogP contribution >= 0.6 is 0 Å². The van der Waals surface area contributed by atoms with Gasteiger partial charge in [0.2, 0.25) is 0 Å². The molecule has 0 aromatic heterocycles. The second kappa shape index (κ2) is 7.52. The third-order valence-electron chi connectivity index (χ3n) is 4.27. The van der Waals surface area contributed by atoms with E-state index in [4.69, 9.17) is 14.2 Å². The Morgan fingerprint density at radius 1 is 1.32 bits per heavy atom. The molecule has 0 spiro atoms. The van der Waals surface area contributed by atoms with E-state index in [9.17, 15) is 4.79 Å². The van der Waals surface area contributed by atoms with Crippen LogP contribution in [0, 0.1) is 0 Å². The predicted octanol–water partition coefficient (Wildman–Crippen LogP) is 2.82. The molecule has 0 bridgehead atoms. The zero-order valence-corrected chi connectivity index (χ0v) is 15.3. The summed E-state index contributed by atoms with van der Waals surface area (Å²) < 4.78 is 17.2. The first-order valence-electron chi connectivity index (χ1n) is 9.00. The highest BCUT2D eigenvalue weighted by Crippen LogP contribution is 2.30. The molecule has 1 N–H and O–H groups in total. The minimum atomic E-state index is -0.460. The van der Waals surface area contributed by atoms with Crippen LogP contribution in [0.4, 0.5) is 4.79 Å². The number of benzene rings is 1. The van der Waals surface area contributed by atoms with Crippen molar-refractivity contribution in [1.82, 2.24) is 10.2 Å². The molecular weight excluding hydrogens is 320 g/mol. The fraction of sp³-hybridized carbons (Fsp3) is 0.632. The van der Waals surface area contributed by atoms with Crippen molar-refractivity contribution in [2.75, 3.05) is 26.2 Å². The molecule has 1 fully saturated rings. The summed E-state index contributed by atoms with van der Waals surface area (Å²) in [6.07, 6.45) is 1.77. The Hall–Kier alpha value is -1.95. The van der Waals surface area contributed by atoms with Crippen molar-refractivity contribution < 1.29 is 19.0 Å². The van der Waals surface area contributed by atoms with Crippen LogP contribution in [-0.2, 0) is 4.74 Å². The van der Waals surface area contributed by atoms with E-state index in [0.717, 1.165) is 30.9 Å². The summed E-state index contributed by atoms with van der Waals surface area (Å²) >= 11 is 0. The Kier molecular flexibility index (Phi) is 5.37. The average Bonchev–Trinajstić information content (AvgIpc) is 2.58. The Bertz CT molecular complexity index is 599. The van der Waals surface area contributed by atoms with Gasteiger partial charge in [-0.3, -0.25) is 0 Å². The molecule has 1 aromatic rings. The predicted molar refractivity (Wildman–Crippen MR) is 95.2 cm³/mol. The van der Waals surface area contributed by atoms with Gasteiger partial charge < -0.3 is 24.4 Å². The third-order valence-corrected chi connectivity index (χ3v) is 4.27. The lowest BCUT2D eigenvalue weighted by molar-refractivity contribution is 0.0179. The molecule has 6 nitrogen and oxygen atoms in total. The van der Waals surface area contributed by atoms with Crippen molar-refractivity contribution in [2.24, 2.45) is 0 Å². The molecular formula is C19H28N2O4. The number of piperidine rings is 1. The maximum absolute atomic E-state index is 12.2. The lowest BCUT2D eigenvalue weighted by Crippen LogP contribution is -2.51. The summed E-state index contributed by atoms with van der Waals surface area (Å²) in [6, 6.07) is 7.97. The van der Waals surface area contributed by atoms with Crippen LogP contribution < -0.4 is 14.8 Å². The molecule has 0 saturated carbocycles. The number of fused-ring (bicyclic) bond motifs is 1. The van der Waals surface area contributed by atoms with Gasteiger partial charge in [-0.1, -0.05) is 12.1 Å². The number of carbonyl (C=O) groups is 1. The number of nitrogens with zero attached hydrogens (tertiary/aromatic N) is 1. The van der Waals surface area contributed by atoms with Crippen LogP contribution in [0.25, 0.3) is 0 Å². The van der Waals surface area contributed by atoms with E-state index < -0.39 is 5.60 Å². The maximum Gasteiger partial charge on any atom is 0.410 e. The summed E-state index contributed by atoms with van der Waals surface area (Å²) in [4.78, 5) is 14.0. The van der Waals surface area contributed by atoms with Gasteiger partial charge in [0.25, 0.3) is 0 Å². The molecule has 3 rings (SSSR count). The highest BCUT2D eigenvalue weighted by Gasteiger charge is 2.28. The third kappa shape index (κ3) is 5.01. The van der Waals surface area contributed by atoms with Crippen LogP contribution in [-0.4, -0.2) is 55.0 Å². The lowest BCUT2D eigenvalue weighted by Gasteiger charge is -2.35. The van der Waals surface area contributed by atoms with Crippen molar-refractivity contribution in [3.05, 3.63) is 24.3 Å². The number of likely N-dealkylation sites (tertiary alicyclic amines) is 1. The number of ether oxygens (including phenoxy) is 3. The summed E-state index contributed by atoms with van der Waals surface area (Å²) in [7, 11) is 0. The summed E-state index contributed by atoms with van der Waals surface area (Å²) in [5.74, 6) is 1.59. The first-order chi connectivity index (χ1) is 11.9. The van der Waals surface area contributed by atoms with Gasteiger partial charge in [0.1, 0.15) is 18.3 Å². The van der Waals surface area contributed by atoms with Crippen LogP contribution in [0.5, 0.6) is 11.5 Å². The number of amides is 1. The van der Waals surface area contributed by atoms with Gasteiger partial charge in [-0.05, 0) is 45.7 Å². The summed E-state index contributed by atoms with van der Waals surface area (Å²) in [5.41, 5.74) is -0.460. The molecule has 25 heavy (non-hydrogen) atoms. The highest BCUT2D eigenvalue weighted by molar-refractivity contribution is 5.68. The first kappa shape index (κ1) is 17.9. The average molecular weight is 348 g/mol. The van der Waals surface area contributed by atoms with E-state index in [0.29, 0.717) is 19.7 Å². The molecule has 0 aliphatic carbocycles. The largest absolute Gasteiger partial charge is 0.486 e. The molecule has 1 aromatic carbocycles. The minimum Gasteiger partial charge on any atom is -0.486 e. The molecule has 2 heterocycles. The van der Waals surface area contributed by atoms with Crippen molar-refractivity contribution in [2.45, 2.75) is 51.4 Å². The van der Waals surface area contributed by atoms with Crippen LogP contribution in [0.3, 0.4) is 0 Å². The lowest BCUT2D eigenvalue weighted by atomic mass is 10.1. The van der Waals surface area contributed by atoms with Gasteiger partial charge in [-0.15, -0.1) is 0 Å². The van der Waals surface area contributed by atoms with Gasteiger partial charge in [0, 0.05) is 25.7 Å². The Balaban J connectivity index is 1.46. The molecule has 0 radical (unpaired) electrons. The van der Waals surface area contributed by atoms with Crippen molar-refractivity contribution in [3.8, 4) is 11.5 Å². The number of para-hydroxylation sites is 2. The van der Waals surface area contributed by atoms with E-state index in [2.05, 4.69) is 5.32 Å². The first-order valence-corrected chi connectivity index (χ1v) is 9.00. The Labute approximate surface area is 149 Å². The van der Waals surface area contributed by atoms with Crippen LogP contribution in [0.15, 0.2) is 24.3 Å². The summed E-state index contributed by atoms with van der Waals surface area (Å²) in [5, 5.41) is 3.52. The zero-order valence-electron chi connectivity index (χ0n) is 15.3. The quantitative estimate of drug-likeness (QED) is 0.910. The molecule has 1 saturated heterocycles. The molecule has 2 aliphatic heterocycles. The molecule has 1 amide bonds. The fourth-order valence-corrected chi connectivity index (χ4v) is 3.10. The maximum atomic E-state index is 12.2. The van der Waals surface area contributed by atoms with E-state index in [1.807, 2.05) is 45.0 Å². The van der Waals surface area contributed by atoms with E-state index >= 15 is 0 Å². The van der Waals surface area contributed by atoms with Gasteiger partial charge in [0.05, 0.1) is 0 Å². The van der Waals surface area contributed by atoms with Crippen molar-refractivity contribution in [1.29, 1.82) is 0 Å². The van der Waals surface area contributed by atoms with Crippen molar-refractivity contribution >= 4 is 6.09 Å². The van der Waals surface area contributed by atoms with Crippen molar-refractivity contribution in [3.63, 3.8) is 0 Å². The van der Waals surface area contributed by atoms with Gasteiger partial charge in [-0.25, -0.2) is 4.79 Å². The number of carbonyl (C=O) groups excluding carboxylic acids is 1. The zero-order chi connectivity index (χ0) is 17.9. The van der Waals surface area contributed by atoms with Gasteiger partial charge in [-0.2, -0.15) is 0 Å². The highest BCUT2D eigenvalue weighted by atomic mass is 16.6. The molecule has 2 atom stereocenters. The number of nitrogens with one attached hydrogen (secondary N) is 1. The SMILES string of the molecule is CC(C)(C)OC(=O)N1CCCC(NCC2COc3ccccc3O2)C1. The second-order valence-corrected chi connectivity index (χ2v) is 7.67. The van der Waals surface area contributed by atoms with Gasteiger partial charge in [0.15, 0.2) is 11.5 Å². The molecule has 2 unspecified atom stereocenters. The van der Waals surface area contributed by atoms with E-state index in [1.54, 1.807) is 4.90 Å². The fourth-order valence-electron chi connectivity index (χ4n) is 3.10. The summed E-state index contributed by atoms with van der Waals surface area (Å²) in [6.45, 7) is 8.32. The topological polar surface area (TPSA) is 60.0 Å². The second-order valence-electron chi connectivity index (χ2n) is 7.67. The number of hydrogen-bond donors (Lipinski definition) is 1.